The fraction of sp³-hybridized carbons (Fsp3) is 0.360. The van der Waals surface area contributed by atoms with E-state index in [9.17, 15) is 39.6 Å². The lowest BCUT2D eigenvalue weighted by Crippen LogP contribution is -2.58. The number of phenols is 1. The summed E-state index contributed by atoms with van der Waals surface area (Å²) < 4.78 is 4.49. The van der Waals surface area contributed by atoms with E-state index in [0.717, 1.165) is 7.11 Å². The summed E-state index contributed by atoms with van der Waals surface area (Å²) >= 11 is 0. The van der Waals surface area contributed by atoms with Crippen molar-refractivity contribution in [3.05, 3.63) is 39.7 Å². The molecule has 3 aliphatic carbocycles. The number of hydrogen-bond donors (Lipinski definition) is 5. The molecule has 4 rings (SSSR count). The molecule has 3 aliphatic rings. The number of nitrogens with two attached hydrogens (primary N) is 1. The highest BCUT2D eigenvalue weighted by atomic mass is 16.5. The average molecular weight is 496 g/mol. The van der Waals surface area contributed by atoms with E-state index in [2.05, 4.69) is 16.6 Å². The maximum Gasteiger partial charge on any atom is 0.384 e. The summed E-state index contributed by atoms with van der Waals surface area (Å²) in [7, 11) is 4.59. The molecule has 1 fully saturated rings. The Morgan fingerprint density at radius 1 is 1.19 bits per heavy atom. The van der Waals surface area contributed by atoms with Gasteiger partial charge in [0.25, 0.3) is 5.91 Å². The number of esters is 1. The molecule has 36 heavy (non-hydrogen) atoms. The molecule has 1 saturated carbocycles. The Labute approximate surface area is 205 Å². The number of hydrogen-bond acceptors (Lipinski definition) is 10. The first-order valence-electron chi connectivity index (χ1n) is 11.0. The number of amides is 1. The Morgan fingerprint density at radius 2 is 1.86 bits per heavy atom. The van der Waals surface area contributed by atoms with Crippen LogP contribution in [0.5, 0.6) is 5.75 Å². The lowest BCUT2D eigenvalue weighted by atomic mass is 9.59. The topological polar surface area (TPSA) is 188 Å². The van der Waals surface area contributed by atoms with Crippen molar-refractivity contribution in [3.63, 3.8) is 0 Å². The van der Waals surface area contributed by atoms with Gasteiger partial charge in [-0.3, -0.25) is 14.4 Å². The fourth-order valence-electron chi connectivity index (χ4n) is 5.33. The first-order chi connectivity index (χ1) is 16.8. The van der Waals surface area contributed by atoms with Crippen LogP contribution in [0.15, 0.2) is 23.0 Å². The van der Waals surface area contributed by atoms with Crippen molar-refractivity contribution in [2.75, 3.05) is 26.1 Å². The Kier molecular flexibility index (Phi) is 5.81. The number of fused-ring (bicyclic) bond motifs is 3. The van der Waals surface area contributed by atoms with E-state index in [0.29, 0.717) is 11.3 Å². The number of aromatic hydroxyl groups is 1. The SMILES string of the molecule is COC(=O)C#Cc1cc(N(C)C)c2c(c1O)C(O)=C1C(=O)C3(O)C(O)=C(C(N)=O)C(=O)CC3CC1C2. The molecule has 3 atom stereocenters. The number of benzene rings is 1. The predicted octanol–water partition coefficient (Wildman–Crippen LogP) is 0.0144. The number of nitrogens with zero attached hydrogens (tertiary/aromatic N) is 1. The Morgan fingerprint density at radius 3 is 2.44 bits per heavy atom. The summed E-state index contributed by atoms with van der Waals surface area (Å²) in [6.45, 7) is 0. The van der Waals surface area contributed by atoms with Gasteiger partial charge in [0, 0.05) is 43.6 Å². The van der Waals surface area contributed by atoms with Crippen LogP contribution in [0, 0.1) is 23.7 Å². The van der Waals surface area contributed by atoms with Crippen LogP contribution >= 0.6 is 0 Å². The number of primary amides is 1. The smallest absolute Gasteiger partial charge is 0.384 e. The summed E-state index contributed by atoms with van der Waals surface area (Å²) in [5, 5.41) is 44.2. The van der Waals surface area contributed by atoms with Gasteiger partial charge < -0.3 is 35.8 Å². The summed E-state index contributed by atoms with van der Waals surface area (Å²) in [6.07, 6.45) is -0.212. The van der Waals surface area contributed by atoms with Crippen molar-refractivity contribution < 1.29 is 44.3 Å². The van der Waals surface area contributed by atoms with Crippen LogP contribution in [0.25, 0.3) is 5.76 Å². The van der Waals surface area contributed by atoms with Crippen LogP contribution in [0.1, 0.15) is 29.5 Å². The molecule has 0 heterocycles. The Hall–Kier alpha value is -4.30. The maximum absolute atomic E-state index is 13.6. The van der Waals surface area contributed by atoms with Crippen LogP contribution in [0.4, 0.5) is 5.69 Å². The second-order valence-electron chi connectivity index (χ2n) is 9.19. The number of carbonyl (C=O) groups excluding carboxylic acids is 4. The van der Waals surface area contributed by atoms with Crippen molar-refractivity contribution in [1.29, 1.82) is 0 Å². The number of rotatable bonds is 2. The third-order valence-corrected chi connectivity index (χ3v) is 7.01. The van der Waals surface area contributed by atoms with Crippen molar-refractivity contribution >= 4 is 34.9 Å². The van der Waals surface area contributed by atoms with Crippen molar-refractivity contribution in [2.45, 2.75) is 24.9 Å². The second-order valence-corrected chi connectivity index (χ2v) is 9.19. The number of Topliss-reactive ketones (excluding diaryl/α,β-unsaturated/α-hetero) is 2. The van der Waals surface area contributed by atoms with Gasteiger partial charge in [0.05, 0.1) is 18.2 Å². The number of carbonyl (C=O) groups is 4. The van der Waals surface area contributed by atoms with E-state index in [1.165, 1.54) is 6.07 Å². The Balaban J connectivity index is 1.96. The number of aliphatic hydroxyl groups is 3. The lowest BCUT2D eigenvalue weighted by Gasteiger charge is -2.46. The molecule has 6 N–H and O–H groups in total. The van der Waals surface area contributed by atoms with E-state index >= 15 is 0 Å². The van der Waals surface area contributed by atoms with Gasteiger partial charge in [0.2, 0.25) is 5.78 Å². The molecule has 188 valence electrons. The quantitative estimate of drug-likeness (QED) is 0.212. The molecular weight excluding hydrogens is 472 g/mol. The van der Waals surface area contributed by atoms with E-state index in [1.807, 2.05) is 0 Å². The lowest BCUT2D eigenvalue weighted by molar-refractivity contribution is -0.147. The fourth-order valence-corrected chi connectivity index (χ4v) is 5.33. The second kappa shape index (κ2) is 8.42. The zero-order valence-corrected chi connectivity index (χ0v) is 19.7. The standard InChI is InChI=1S/C25H24N2O9/c1-27(2)14-8-10(4-5-16(29)36-3)20(30)18-13(14)7-11-6-12-9-15(28)19(24(26)34)23(33)25(12,35)22(32)17(11)21(18)31/h8,11-12,30-31,33,35H,6-7,9H2,1-3H3,(H2,26,34). The molecule has 0 saturated heterocycles. The number of ether oxygens (including phenoxy) is 1. The van der Waals surface area contributed by atoms with E-state index in [4.69, 9.17) is 5.73 Å². The Bertz CT molecular complexity index is 1380. The molecule has 11 heteroatoms. The van der Waals surface area contributed by atoms with Gasteiger partial charge in [-0.25, -0.2) is 4.79 Å². The number of phenolic OH excluding ortho intramolecular Hbond substituents is 1. The molecule has 0 aliphatic heterocycles. The number of anilines is 1. The van der Waals surface area contributed by atoms with E-state index < -0.39 is 70.1 Å². The highest BCUT2D eigenvalue weighted by Gasteiger charge is 2.60. The van der Waals surface area contributed by atoms with Gasteiger partial charge in [-0.05, 0) is 30.4 Å². The van der Waals surface area contributed by atoms with Gasteiger partial charge in [-0.2, -0.15) is 0 Å². The number of ketones is 2. The molecule has 0 spiro atoms. The minimum absolute atomic E-state index is 0.0182. The van der Waals surface area contributed by atoms with Crippen molar-refractivity contribution in [2.24, 2.45) is 17.6 Å². The average Bonchev–Trinajstić information content (AvgIpc) is 2.80. The minimum atomic E-state index is -2.64. The number of aliphatic hydroxyl groups excluding tert-OH is 2. The van der Waals surface area contributed by atoms with Crippen molar-refractivity contribution in [3.8, 4) is 17.6 Å². The molecule has 11 nitrogen and oxygen atoms in total. The highest BCUT2D eigenvalue weighted by molar-refractivity contribution is 6.22. The molecule has 0 bridgehead atoms. The van der Waals surface area contributed by atoms with Crippen LogP contribution in [-0.2, 0) is 30.3 Å². The maximum atomic E-state index is 13.6. The molecule has 0 aromatic heterocycles. The monoisotopic (exact) mass is 496 g/mol. The predicted molar refractivity (Wildman–Crippen MR) is 125 cm³/mol. The van der Waals surface area contributed by atoms with Crippen LogP contribution in [0.3, 0.4) is 0 Å². The normalized spacial score (nSPS) is 24.8. The number of methoxy groups -OCH3 is 1. The summed E-state index contributed by atoms with van der Waals surface area (Å²) in [4.78, 5) is 51.0. The zero-order valence-electron chi connectivity index (χ0n) is 19.7. The molecule has 3 unspecified atom stereocenters. The highest BCUT2D eigenvalue weighted by Crippen LogP contribution is 2.53. The van der Waals surface area contributed by atoms with Crippen LogP contribution < -0.4 is 10.6 Å². The van der Waals surface area contributed by atoms with Gasteiger partial charge in [0.1, 0.15) is 22.8 Å². The van der Waals surface area contributed by atoms with Crippen LogP contribution in [0.2, 0.25) is 0 Å². The van der Waals surface area contributed by atoms with Gasteiger partial charge in [-0.15, -0.1) is 0 Å². The molecule has 1 aromatic carbocycles. The van der Waals surface area contributed by atoms with Gasteiger partial charge >= 0.3 is 5.97 Å². The van der Waals surface area contributed by atoms with E-state index in [1.54, 1.807) is 19.0 Å². The first-order valence-corrected chi connectivity index (χ1v) is 11.0. The van der Waals surface area contributed by atoms with E-state index in [-0.39, 0.29) is 29.5 Å². The summed E-state index contributed by atoms with van der Waals surface area (Å²) in [6, 6.07) is 1.53. The third-order valence-electron chi connectivity index (χ3n) is 7.01. The first kappa shape index (κ1) is 24.8. The summed E-state index contributed by atoms with van der Waals surface area (Å²) in [5.74, 6) is -3.28. The largest absolute Gasteiger partial charge is 0.508 e. The summed E-state index contributed by atoms with van der Waals surface area (Å²) in [5.41, 5.74) is 2.35. The minimum Gasteiger partial charge on any atom is -0.508 e. The molecule has 0 radical (unpaired) electrons. The zero-order chi connectivity index (χ0) is 26.7. The third kappa shape index (κ3) is 3.41. The molecule has 1 aromatic rings. The van der Waals surface area contributed by atoms with Crippen molar-refractivity contribution in [1.82, 2.24) is 0 Å². The van der Waals surface area contributed by atoms with Crippen LogP contribution in [-0.4, -0.2) is 70.7 Å². The molecule has 1 amide bonds. The molecular formula is C25H24N2O9. The van der Waals surface area contributed by atoms with Gasteiger partial charge in [0.15, 0.2) is 11.4 Å². The van der Waals surface area contributed by atoms with Gasteiger partial charge in [-0.1, -0.05) is 5.92 Å².